The van der Waals surface area contributed by atoms with Gasteiger partial charge in [-0.2, -0.15) is 0 Å². The summed E-state index contributed by atoms with van der Waals surface area (Å²) in [6.07, 6.45) is 5.25. The molecule has 0 saturated heterocycles. The summed E-state index contributed by atoms with van der Waals surface area (Å²) < 4.78 is 21.2. The molecular formula is C5H8N2O2S. The summed E-state index contributed by atoms with van der Waals surface area (Å²) in [5, 5.41) is 4.07. The van der Waals surface area contributed by atoms with E-state index in [0.29, 0.717) is 6.42 Å². The Morgan fingerprint density at radius 3 is 2.60 bits per heavy atom. The molecule has 0 aromatic carbocycles. The summed E-state index contributed by atoms with van der Waals surface area (Å²) in [5.41, 5.74) is 0. The minimum absolute atomic E-state index is 0.384. The van der Waals surface area contributed by atoms with Crippen LogP contribution >= 0.6 is 0 Å². The van der Waals surface area contributed by atoms with Crippen LogP contribution in [-0.4, -0.2) is 20.0 Å². The molecule has 0 aromatic rings. The van der Waals surface area contributed by atoms with Gasteiger partial charge in [-0.25, -0.2) is 13.6 Å². The monoisotopic (exact) mass is 160 g/mol. The fourth-order valence-corrected chi connectivity index (χ4v) is 1.30. The van der Waals surface area contributed by atoms with Crippen molar-refractivity contribution in [3.63, 3.8) is 0 Å². The van der Waals surface area contributed by atoms with Crippen molar-refractivity contribution in [2.24, 2.45) is 10.1 Å². The molecule has 0 saturated carbocycles. The van der Waals surface area contributed by atoms with Crippen LogP contribution in [0.2, 0.25) is 0 Å². The first-order chi connectivity index (χ1) is 4.61. The molecule has 0 fully saturated rings. The van der Waals surface area contributed by atoms with Gasteiger partial charge in [0, 0.05) is 12.6 Å². The van der Waals surface area contributed by atoms with E-state index in [-0.39, 0.29) is 0 Å². The van der Waals surface area contributed by atoms with Crippen LogP contribution in [0.4, 0.5) is 0 Å². The van der Waals surface area contributed by atoms with Gasteiger partial charge in [0.25, 0.3) is 0 Å². The molecule has 1 atom stereocenters. The van der Waals surface area contributed by atoms with Crippen LogP contribution < -0.4 is 5.14 Å². The van der Waals surface area contributed by atoms with Crippen LogP contribution in [0.1, 0.15) is 6.42 Å². The number of nitrogens with zero attached hydrogens (tertiary/aromatic N) is 1. The van der Waals surface area contributed by atoms with Gasteiger partial charge in [0.15, 0.2) is 5.37 Å². The number of dihydropyridines is 1. The number of rotatable bonds is 1. The van der Waals surface area contributed by atoms with Gasteiger partial charge < -0.3 is 0 Å². The third-order valence-corrected chi connectivity index (χ3v) is 2.26. The largest absolute Gasteiger partial charge is 0.272 e. The highest BCUT2D eigenvalue weighted by atomic mass is 32.2. The number of sulfonamides is 1. The highest BCUT2D eigenvalue weighted by molar-refractivity contribution is 7.89. The number of hydrogen-bond acceptors (Lipinski definition) is 3. The summed E-state index contributed by atoms with van der Waals surface area (Å²) in [5.74, 6) is 0. The van der Waals surface area contributed by atoms with Crippen molar-refractivity contribution in [2.45, 2.75) is 11.8 Å². The van der Waals surface area contributed by atoms with Crippen LogP contribution in [0.3, 0.4) is 0 Å². The minimum Gasteiger partial charge on any atom is -0.272 e. The average molecular weight is 160 g/mol. The van der Waals surface area contributed by atoms with Crippen molar-refractivity contribution in [1.82, 2.24) is 0 Å². The Bertz CT molecular complexity index is 265. The lowest BCUT2D eigenvalue weighted by molar-refractivity contribution is 0.583. The summed E-state index contributed by atoms with van der Waals surface area (Å²) in [4.78, 5) is 3.68. The molecule has 0 spiro atoms. The molecule has 1 rings (SSSR count). The van der Waals surface area contributed by atoms with Gasteiger partial charge in [-0.3, -0.25) is 4.99 Å². The van der Waals surface area contributed by atoms with E-state index < -0.39 is 15.4 Å². The van der Waals surface area contributed by atoms with E-state index in [1.165, 1.54) is 6.21 Å². The second kappa shape index (κ2) is 2.51. The molecule has 1 unspecified atom stereocenters. The number of nitrogens with two attached hydrogens (primary N) is 1. The second-order valence-electron chi connectivity index (χ2n) is 2.01. The Balaban J connectivity index is 2.79. The topological polar surface area (TPSA) is 72.5 Å². The fourth-order valence-electron chi connectivity index (χ4n) is 0.681. The zero-order chi connectivity index (χ0) is 7.61. The summed E-state index contributed by atoms with van der Waals surface area (Å²) >= 11 is 0. The number of allylic oxidation sites excluding steroid dienone is 1. The van der Waals surface area contributed by atoms with Gasteiger partial charge in [-0.1, -0.05) is 6.08 Å². The molecule has 5 heteroatoms. The number of hydrogen-bond donors (Lipinski definition) is 1. The molecule has 0 amide bonds. The summed E-state index contributed by atoms with van der Waals surface area (Å²) in [7, 11) is -3.48. The maximum atomic E-state index is 10.6. The van der Waals surface area contributed by atoms with Crippen molar-refractivity contribution in [3.05, 3.63) is 12.2 Å². The van der Waals surface area contributed by atoms with Gasteiger partial charge in [-0.15, -0.1) is 0 Å². The number of primary sulfonamides is 1. The van der Waals surface area contributed by atoms with Crippen molar-refractivity contribution < 1.29 is 8.42 Å². The summed E-state index contributed by atoms with van der Waals surface area (Å²) in [6, 6.07) is 0. The van der Waals surface area contributed by atoms with Crippen LogP contribution in [0.25, 0.3) is 0 Å². The molecule has 1 heterocycles. The third kappa shape index (κ3) is 1.65. The molecule has 4 nitrogen and oxygen atoms in total. The Labute approximate surface area is 59.5 Å². The Kier molecular flexibility index (Phi) is 1.87. The first-order valence-electron chi connectivity index (χ1n) is 2.80. The van der Waals surface area contributed by atoms with Gasteiger partial charge >= 0.3 is 0 Å². The molecular weight excluding hydrogens is 152 g/mol. The van der Waals surface area contributed by atoms with Crippen molar-refractivity contribution in [3.8, 4) is 0 Å². The van der Waals surface area contributed by atoms with E-state index in [0.717, 1.165) is 0 Å². The molecule has 56 valence electrons. The van der Waals surface area contributed by atoms with E-state index in [1.807, 2.05) is 0 Å². The Hall–Kier alpha value is -0.680. The van der Waals surface area contributed by atoms with Crippen molar-refractivity contribution in [2.75, 3.05) is 0 Å². The molecule has 2 N–H and O–H groups in total. The van der Waals surface area contributed by atoms with Gasteiger partial charge in [0.2, 0.25) is 10.0 Å². The zero-order valence-electron chi connectivity index (χ0n) is 5.27. The second-order valence-corrected chi connectivity index (χ2v) is 3.73. The molecule has 0 aliphatic carbocycles. The highest BCUT2D eigenvalue weighted by Crippen LogP contribution is 2.07. The standard InChI is InChI=1S/C5H8N2O2S/c6-10(8,9)5-3-1-2-4-7-5/h1-2,4-5H,3H2,(H2,6,8,9). The molecule has 10 heavy (non-hydrogen) atoms. The Morgan fingerprint density at radius 1 is 1.60 bits per heavy atom. The molecule has 0 aromatic heterocycles. The predicted octanol–water partition coefficient (Wildman–Crippen LogP) is -0.368. The molecule has 1 aliphatic heterocycles. The van der Waals surface area contributed by atoms with Crippen LogP contribution in [0.15, 0.2) is 17.1 Å². The SMILES string of the molecule is NS(=O)(=O)C1CC=CC=N1. The quantitative estimate of drug-likeness (QED) is 0.568. The molecule has 0 radical (unpaired) electrons. The van der Waals surface area contributed by atoms with E-state index in [1.54, 1.807) is 12.2 Å². The third-order valence-electron chi connectivity index (χ3n) is 1.19. The van der Waals surface area contributed by atoms with Crippen molar-refractivity contribution in [1.29, 1.82) is 0 Å². The molecule has 1 aliphatic rings. The lowest BCUT2D eigenvalue weighted by Crippen LogP contribution is -2.27. The summed E-state index contributed by atoms with van der Waals surface area (Å²) in [6.45, 7) is 0. The maximum absolute atomic E-state index is 10.6. The van der Waals surface area contributed by atoms with Gasteiger partial charge in [0.1, 0.15) is 0 Å². The smallest absolute Gasteiger partial charge is 0.232 e. The van der Waals surface area contributed by atoms with E-state index >= 15 is 0 Å². The maximum Gasteiger partial charge on any atom is 0.232 e. The first kappa shape index (κ1) is 7.43. The van der Waals surface area contributed by atoms with Gasteiger partial charge in [-0.05, 0) is 6.08 Å². The predicted molar refractivity (Wildman–Crippen MR) is 39.1 cm³/mol. The molecule has 0 bridgehead atoms. The van der Waals surface area contributed by atoms with E-state index in [2.05, 4.69) is 4.99 Å². The average Bonchev–Trinajstić information content (AvgIpc) is 1.88. The van der Waals surface area contributed by atoms with Gasteiger partial charge in [0.05, 0.1) is 0 Å². The van der Waals surface area contributed by atoms with Crippen LogP contribution in [-0.2, 0) is 10.0 Å². The van der Waals surface area contributed by atoms with Crippen LogP contribution in [0.5, 0.6) is 0 Å². The zero-order valence-corrected chi connectivity index (χ0v) is 6.08. The van der Waals surface area contributed by atoms with E-state index in [4.69, 9.17) is 5.14 Å². The number of aliphatic imine (C=N–C) groups is 1. The van der Waals surface area contributed by atoms with E-state index in [9.17, 15) is 8.42 Å². The lowest BCUT2D eigenvalue weighted by atomic mass is 10.3. The highest BCUT2D eigenvalue weighted by Gasteiger charge is 2.18. The first-order valence-corrected chi connectivity index (χ1v) is 4.41. The normalized spacial score (nSPS) is 25.1. The lowest BCUT2D eigenvalue weighted by Gasteiger charge is -2.08. The van der Waals surface area contributed by atoms with Crippen LogP contribution in [0, 0.1) is 0 Å². The van der Waals surface area contributed by atoms with Crippen molar-refractivity contribution >= 4 is 16.2 Å². The fraction of sp³-hybridized carbons (Fsp3) is 0.400. The Morgan fingerprint density at radius 2 is 2.30 bits per heavy atom. The minimum atomic E-state index is -3.48.